The van der Waals surface area contributed by atoms with Crippen molar-refractivity contribution in [1.29, 1.82) is 0 Å². The predicted molar refractivity (Wildman–Crippen MR) is 87.2 cm³/mol. The van der Waals surface area contributed by atoms with Crippen molar-refractivity contribution in [3.05, 3.63) is 46.7 Å². The van der Waals surface area contributed by atoms with Crippen LogP contribution in [0.5, 0.6) is 0 Å². The van der Waals surface area contributed by atoms with Crippen LogP contribution in [-0.4, -0.2) is 16.3 Å². The van der Waals surface area contributed by atoms with Gasteiger partial charge in [-0.15, -0.1) is 0 Å². The lowest BCUT2D eigenvalue weighted by molar-refractivity contribution is 0.489. The SMILES string of the molecule is CCCNC1CCCCc2c1cnn2-c1ccccc1Cl. The predicted octanol–water partition coefficient (Wildman–Crippen LogP) is 4.29. The van der Waals surface area contributed by atoms with Crippen LogP contribution >= 0.6 is 11.6 Å². The van der Waals surface area contributed by atoms with Gasteiger partial charge in [-0.3, -0.25) is 0 Å². The maximum absolute atomic E-state index is 6.34. The number of nitrogens with zero attached hydrogens (tertiary/aromatic N) is 2. The van der Waals surface area contributed by atoms with Crippen LogP contribution in [0.3, 0.4) is 0 Å². The molecule has 1 heterocycles. The van der Waals surface area contributed by atoms with E-state index in [0.29, 0.717) is 6.04 Å². The average molecular weight is 304 g/mol. The van der Waals surface area contributed by atoms with E-state index in [0.717, 1.165) is 30.1 Å². The highest BCUT2D eigenvalue weighted by Crippen LogP contribution is 2.31. The number of halogens is 1. The van der Waals surface area contributed by atoms with Gasteiger partial charge >= 0.3 is 0 Å². The van der Waals surface area contributed by atoms with Crippen LogP contribution in [0, 0.1) is 0 Å². The van der Waals surface area contributed by atoms with E-state index >= 15 is 0 Å². The summed E-state index contributed by atoms with van der Waals surface area (Å²) in [5, 5.41) is 9.04. The molecular formula is C17H22ClN3. The molecule has 0 spiro atoms. The van der Waals surface area contributed by atoms with E-state index < -0.39 is 0 Å². The molecule has 1 aromatic heterocycles. The van der Waals surface area contributed by atoms with Crippen LogP contribution in [0.15, 0.2) is 30.5 Å². The maximum atomic E-state index is 6.34. The largest absolute Gasteiger partial charge is 0.310 e. The minimum absolute atomic E-state index is 0.429. The first-order valence-electron chi connectivity index (χ1n) is 7.86. The van der Waals surface area contributed by atoms with Crippen LogP contribution in [-0.2, 0) is 6.42 Å². The lowest BCUT2D eigenvalue weighted by Crippen LogP contribution is -2.22. The van der Waals surface area contributed by atoms with Gasteiger partial charge in [0.1, 0.15) is 0 Å². The summed E-state index contributed by atoms with van der Waals surface area (Å²) in [5.41, 5.74) is 3.65. The van der Waals surface area contributed by atoms with Gasteiger partial charge in [0.05, 0.1) is 16.9 Å². The number of rotatable bonds is 4. The van der Waals surface area contributed by atoms with Crippen molar-refractivity contribution < 1.29 is 0 Å². The highest BCUT2D eigenvalue weighted by molar-refractivity contribution is 6.32. The van der Waals surface area contributed by atoms with Gasteiger partial charge in [0.15, 0.2) is 0 Å². The van der Waals surface area contributed by atoms with E-state index in [4.69, 9.17) is 11.6 Å². The molecule has 0 amide bonds. The minimum atomic E-state index is 0.429. The second-order valence-electron chi connectivity index (χ2n) is 5.66. The highest BCUT2D eigenvalue weighted by Gasteiger charge is 2.23. The number of fused-ring (bicyclic) bond motifs is 1. The molecule has 0 saturated carbocycles. The van der Waals surface area contributed by atoms with Gasteiger partial charge in [-0.25, -0.2) is 4.68 Å². The van der Waals surface area contributed by atoms with Gasteiger partial charge in [0.2, 0.25) is 0 Å². The summed E-state index contributed by atoms with van der Waals surface area (Å²) in [6.45, 7) is 3.26. The molecule has 1 aliphatic rings. The summed E-state index contributed by atoms with van der Waals surface area (Å²) in [5.74, 6) is 0. The first-order chi connectivity index (χ1) is 10.3. The normalized spacial score (nSPS) is 18.3. The highest BCUT2D eigenvalue weighted by atomic mass is 35.5. The molecule has 112 valence electrons. The van der Waals surface area contributed by atoms with Crippen LogP contribution in [0.4, 0.5) is 0 Å². The van der Waals surface area contributed by atoms with Crippen LogP contribution in [0.25, 0.3) is 5.69 Å². The van der Waals surface area contributed by atoms with Crippen molar-refractivity contribution in [1.82, 2.24) is 15.1 Å². The Hall–Kier alpha value is -1.32. The van der Waals surface area contributed by atoms with E-state index in [2.05, 4.69) is 17.3 Å². The molecule has 0 saturated heterocycles. The van der Waals surface area contributed by atoms with E-state index in [-0.39, 0.29) is 0 Å². The number of para-hydroxylation sites is 1. The lowest BCUT2D eigenvalue weighted by Gasteiger charge is -2.16. The van der Waals surface area contributed by atoms with Crippen molar-refractivity contribution in [3.63, 3.8) is 0 Å². The van der Waals surface area contributed by atoms with Crippen LogP contribution in [0.1, 0.15) is 49.9 Å². The Kier molecular flexibility index (Phi) is 4.61. The summed E-state index contributed by atoms with van der Waals surface area (Å²) in [6.07, 6.45) is 7.93. The fourth-order valence-electron chi connectivity index (χ4n) is 3.09. The van der Waals surface area contributed by atoms with E-state index in [1.807, 2.05) is 35.1 Å². The third-order valence-electron chi connectivity index (χ3n) is 4.15. The van der Waals surface area contributed by atoms with Gasteiger partial charge in [-0.2, -0.15) is 5.10 Å². The molecule has 1 N–H and O–H groups in total. The molecule has 1 aliphatic carbocycles. The van der Waals surface area contributed by atoms with Crippen molar-refractivity contribution in [2.24, 2.45) is 0 Å². The Morgan fingerprint density at radius 1 is 1.33 bits per heavy atom. The Morgan fingerprint density at radius 2 is 2.19 bits per heavy atom. The Labute approximate surface area is 131 Å². The number of hydrogen-bond donors (Lipinski definition) is 1. The molecule has 0 fully saturated rings. The van der Waals surface area contributed by atoms with Crippen LogP contribution < -0.4 is 5.32 Å². The standard InChI is InChI=1S/C17H22ClN3/c1-2-11-19-15-8-4-6-9-16-13(15)12-20-21(16)17-10-5-3-7-14(17)18/h3,5,7,10,12,15,19H,2,4,6,8-9,11H2,1H3. The summed E-state index contributed by atoms with van der Waals surface area (Å²) in [7, 11) is 0. The van der Waals surface area contributed by atoms with Gasteiger partial charge in [0, 0.05) is 17.3 Å². The zero-order valence-corrected chi connectivity index (χ0v) is 13.2. The summed E-state index contributed by atoms with van der Waals surface area (Å²) in [4.78, 5) is 0. The van der Waals surface area contributed by atoms with Crippen molar-refractivity contribution >= 4 is 11.6 Å². The minimum Gasteiger partial charge on any atom is -0.310 e. The second-order valence-corrected chi connectivity index (χ2v) is 6.07. The zero-order chi connectivity index (χ0) is 14.7. The van der Waals surface area contributed by atoms with Gasteiger partial charge in [0.25, 0.3) is 0 Å². The number of aromatic nitrogens is 2. The summed E-state index contributed by atoms with van der Waals surface area (Å²) in [6, 6.07) is 8.36. The third kappa shape index (κ3) is 2.99. The lowest BCUT2D eigenvalue weighted by atomic mass is 10.1. The molecule has 4 heteroatoms. The fraction of sp³-hybridized carbons (Fsp3) is 0.471. The van der Waals surface area contributed by atoms with E-state index in [1.165, 1.54) is 30.5 Å². The topological polar surface area (TPSA) is 29.9 Å². The first kappa shape index (κ1) is 14.6. The fourth-order valence-corrected chi connectivity index (χ4v) is 3.30. The van der Waals surface area contributed by atoms with Crippen molar-refractivity contribution in [2.45, 2.75) is 45.1 Å². The van der Waals surface area contributed by atoms with E-state index in [9.17, 15) is 0 Å². The van der Waals surface area contributed by atoms with Crippen molar-refractivity contribution in [3.8, 4) is 5.69 Å². The molecule has 3 rings (SSSR count). The third-order valence-corrected chi connectivity index (χ3v) is 4.47. The molecule has 0 bridgehead atoms. The molecule has 1 aromatic carbocycles. The maximum Gasteiger partial charge on any atom is 0.0835 e. The van der Waals surface area contributed by atoms with Crippen LogP contribution in [0.2, 0.25) is 5.02 Å². The molecule has 1 atom stereocenters. The van der Waals surface area contributed by atoms with Gasteiger partial charge in [-0.1, -0.05) is 37.1 Å². The Balaban J connectivity index is 1.99. The molecule has 2 aromatic rings. The second kappa shape index (κ2) is 6.63. The van der Waals surface area contributed by atoms with E-state index in [1.54, 1.807) is 0 Å². The number of nitrogens with one attached hydrogen (secondary N) is 1. The smallest absolute Gasteiger partial charge is 0.0835 e. The number of hydrogen-bond acceptors (Lipinski definition) is 2. The number of benzene rings is 1. The zero-order valence-electron chi connectivity index (χ0n) is 12.5. The van der Waals surface area contributed by atoms with Crippen molar-refractivity contribution in [2.75, 3.05) is 6.54 Å². The molecule has 21 heavy (non-hydrogen) atoms. The quantitative estimate of drug-likeness (QED) is 0.854. The average Bonchev–Trinajstić information content (AvgIpc) is 2.80. The van der Waals surface area contributed by atoms with Gasteiger partial charge < -0.3 is 5.32 Å². The molecule has 0 radical (unpaired) electrons. The monoisotopic (exact) mass is 303 g/mol. The molecule has 3 nitrogen and oxygen atoms in total. The Morgan fingerprint density at radius 3 is 3.00 bits per heavy atom. The Bertz CT molecular complexity index is 606. The molecule has 0 aliphatic heterocycles. The van der Waals surface area contributed by atoms with Gasteiger partial charge in [-0.05, 0) is 44.4 Å². The summed E-state index contributed by atoms with van der Waals surface area (Å²) < 4.78 is 2.03. The first-order valence-corrected chi connectivity index (χ1v) is 8.24. The molecule has 1 unspecified atom stereocenters. The molecular weight excluding hydrogens is 282 g/mol. The summed E-state index contributed by atoms with van der Waals surface area (Å²) >= 11 is 6.34.